The zero-order chi connectivity index (χ0) is 47.3. The molecule has 0 spiro atoms. The van der Waals surface area contributed by atoms with Gasteiger partial charge in [0.25, 0.3) is 0 Å². The SMILES string of the molecule is CCC[C@H](OC1C(NC(C)=O)[C@H](O[C@@H]2CC(CO[C@H]3OC(CO)[C@@H](O)C(n4cc(-c5cccc(F)c5)nn4)C3O)CC(CC)C2O[C@@H]2OC(C)[C@@H](O)C(O)C2O)OC(CO)[C@@H]1O)C(=O)O. The van der Waals surface area contributed by atoms with Crippen LogP contribution in [0.2, 0.25) is 0 Å². The number of ether oxygens (including phenoxy) is 7. The fourth-order valence-corrected chi connectivity index (χ4v) is 9.13. The number of amides is 1. The molecule has 2 aromatic rings. The molecule has 0 bridgehead atoms. The highest BCUT2D eigenvalue weighted by molar-refractivity contribution is 5.73. The summed E-state index contributed by atoms with van der Waals surface area (Å²) in [5.74, 6) is -3.31. The number of hydrogen-bond donors (Lipinski definition) is 10. The molecule has 1 aromatic heterocycles. The van der Waals surface area contributed by atoms with E-state index >= 15 is 0 Å². The Morgan fingerprint density at radius 2 is 1.60 bits per heavy atom. The number of nitrogens with one attached hydrogen (secondary N) is 1. The fourth-order valence-electron chi connectivity index (χ4n) is 9.13. The van der Waals surface area contributed by atoms with Crippen LogP contribution in [0.3, 0.4) is 0 Å². The van der Waals surface area contributed by atoms with E-state index in [0.29, 0.717) is 24.8 Å². The van der Waals surface area contributed by atoms with Gasteiger partial charge in [-0.15, -0.1) is 5.10 Å². The number of benzene rings is 1. The molecule has 1 aromatic carbocycles. The highest BCUT2D eigenvalue weighted by Crippen LogP contribution is 2.41. The molecule has 4 heterocycles. The predicted molar refractivity (Wildman–Crippen MR) is 217 cm³/mol. The van der Waals surface area contributed by atoms with Gasteiger partial charge in [-0.2, -0.15) is 0 Å². The van der Waals surface area contributed by atoms with Crippen molar-refractivity contribution in [2.24, 2.45) is 11.8 Å². The summed E-state index contributed by atoms with van der Waals surface area (Å²) in [6.45, 7) is 4.74. The number of aliphatic carboxylic acids is 1. The van der Waals surface area contributed by atoms with Crippen molar-refractivity contribution in [1.82, 2.24) is 20.3 Å². The van der Waals surface area contributed by atoms with Crippen LogP contribution in [0.25, 0.3) is 11.3 Å². The summed E-state index contributed by atoms with van der Waals surface area (Å²) < 4.78 is 58.2. The summed E-state index contributed by atoms with van der Waals surface area (Å²) in [5.41, 5.74) is 0.640. The molecule has 1 saturated carbocycles. The van der Waals surface area contributed by atoms with Gasteiger partial charge in [0.1, 0.15) is 78.5 Å². The number of rotatable bonds is 18. The Kier molecular flexibility index (Phi) is 17.8. The van der Waals surface area contributed by atoms with Crippen LogP contribution in [-0.4, -0.2) is 197 Å². The predicted octanol–water partition coefficient (Wildman–Crippen LogP) is -1.66. The van der Waals surface area contributed by atoms with Gasteiger partial charge in [-0.05, 0) is 50.2 Å². The monoisotopic (exact) mass is 930 g/mol. The Morgan fingerprint density at radius 1 is 0.892 bits per heavy atom. The van der Waals surface area contributed by atoms with Gasteiger partial charge in [-0.1, -0.05) is 44.0 Å². The molecule has 22 nitrogen and oxygen atoms in total. The molecule has 65 heavy (non-hydrogen) atoms. The first kappa shape index (κ1) is 51.0. The van der Waals surface area contributed by atoms with E-state index in [0.717, 1.165) is 0 Å². The maximum atomic E-state index is 14.0. The number of carboxylic acid groups (broad SMARTS) is 1. The van der Waals surface area contributed by atoms with Crippen LogP contribution >= 0.6 is 0 Å². The van der Waals surface area contributed by atoms with E-state index in [1.54, 1.807) is 13.0 Å². The molecule has 0 radical (unpaired) electrons. The van der Waals surface area contributed by atoms with Gasteiger partial charge in [-0.25, -0.2) is 13.9 Å². The third kappa shape index (κ3) is 11.7. The number of aromatic nitrogens is 3. The summed E-state index contributed by atoms with van der Waals surface area (Å²) >= 11 is 0. The summed E-state index contributed by atoms with van der Waals surface area (Å²) in [7, 11) is 0. The molecule has 6 rings (SSSR count). The van der Waals surface area contributed by atoms with Crippen LogP contribution < -0.4 is 5.32 Å². The number of aliphatic hydroxyl groups is 8. The van der Waals surface area contributed by atoms with Gasteiger partial charge in [0, 0.05) is 12.5 Å². The largest absolute Gasteiger partial charge is 0.479 e. The van der Waals surface area contributed by atoms with Gasteiger partial charge in [-0.3, -0.25) is 4.79 Å². The van der Waals surface area contributed by atoms with Crippen LogP contribution in [0.15, 0.2) is 30.5 Å². The molecule has 3 aliphatic heterocycles. The van der Waals surface area contributed by atoms with Crippen molar-refractivity contribution in [2.75, 3.05) is 19.8 Å². The van der Waals surface area contributed by atoms with Crippen molar-refractivity contribution < 1.29 is 93.1 Å². The summed E-state index contributed by atoms with van der Waals surface area (Å²) in [6, 6.07) is 3.02. The normalized spacial score (nSPS) is 39.4. The average Bonchev–Trinajstić information content (AvgIpc) is 3.76. The van der Waals surface area contributed by atoms with Gasteiger partial charge in [0.05, 0.1) is 44.3 Å². The minimum Gasteiger partial charge on any atom is -0.479 e. The van der Waals surface area contributed by atoms with Crippen LogP contribution in [0.1, 0.15) is 65.8 Å². The highest BCUT2D eigenvalue weighted by Gasteiger charge is 2.53. The van der Waals surface area contributed by atoms with Crippen molar-refractivity contribution in [1.29, 1.82) is 0 Å². The van der Waals surface area contributed by atoms with Crippen molar-refractivity contribution in [3.8, 4) is 11.3 Å². The van der Waals surface area contributed by atoms with E-state index in [2.05, 4.69) is 15.6 Å². The molecule has 1 aliphatic carbocycles. The van der Waals surface area contributed by atoms with Crippen molar-refractivity contribution in [3.05, 3.63) is 36.3 Å². The molecule has 4 fully saturated rings. The molecule has 20 atom stereocenters. The van der Waals surface area contributed by atoms with Gasteiger partial charge < -0.3 is 84.4 Å². The maximum Gasteiger partial charge on any atom is 0.332 e. The second-order valence-corrected chi connectivity index (χ2v) is 17.2. The molecule has 23 heteroatoms. The molecule has 3 saturated heterocycles. The van der Waals surface area contributed by atoms with E-state index in [1.165, 1.54) is 42.9 Å². The Bertz CT molecular complexity index is 1850. The topological polar surface area (TPSA) is 324 Å². The maximum absolute atomic E-state index is 14.0. The molecule has 366 valence electrons. The highest BCUT2D eigenvalue weighted by atomic mass is 19.1. The average molecular weight is 931 g/mol. The Labute approximate surface area is 374 Å². The van der Waals surface area contributed by atoms with Gasteiger partial charge in [0.15, 0.2) is 25.0 Å². The zero-order valence-corrected chi connectivity index (χ0v) is 36.5. The number of carboxylic acids is 1. The van der Waals surface area contributed by atoms with E-state index in [-0.39, 0.29) is 25.1 Å². The number of nitrogens with zero attached hydrogens (tertiary/aromatic N) is 3. The van der Waals surface area contributed by atoms with Crippen LogP contribution in [0.5, 0.6) is 0 Å². The second-order valence-electron chi connectivity index (χ2n) is 17.2. The van der Waals surface area contributed by atoms with E-state index in [4.69, 9.17) is 33.2 Å². The lowest BCUT2D eigenvalue weighted by Gasteiger charge is -2.49. The fraction of sp³-hybridized carbons (Fsp3) is 0.762. The number of carbonyl (C=O) groups excluding carboxylic acids is 1. The lowest BCUT2D eigenvalue weighted by molar-refractivity contribution is -0.340. The van der Waals surface area contributed by atoms with Gasteiger partial charge >= 0.3 is 5.97 Å². The minimum atomic E-state index is -1.70. The molecular weight excluding hydrogens is 867 g/mol. The summed E-state index contributed by atoms with van der Waals surface area (Å²) in [6.07, 6.45) is -19.6. The van der Waals surface area contributed by atoms with E-state index in [9.17, 15) is 59.9 Å². The standard InChI is InChI=1S/C42H63FN4O18/c1-5-8-25(39(57)58)61-38-29(44-19(4)50)40(63-28(16-49)33(38)53)62-26-12-20(11-21(6-2)37(26)65-42-36(56)35(55)31(51)18(3)60-42)17-59-41-34(54)30(32(52)27(15-48)64-41)47-14-24(45-46-47)22-9-7-10-23(43)13-22/h7,9-10,13-14,18,20-21,25-38,40-42,48-49,51-56H,5-6,8,11-12,15-17H2,1-4H3,(H,44,50)(H,57,58)/t18?,20?,21?,25-,26+,27?,28?,29?,30?,31+,32+,33-,34?,35?,36?,37?,38?,40+,41-,42-/m0/s1. The first-order chi connectivity index (χ1) is 31.0. The van der Waals surface area contributed by atoms with Crippen molar-refractivity contribution in [3.63, 3.8) is 0 Å². The molecule has 1 amide bonds. The lowest BCUT2D eigenvalue weighted by Crippen LogP contribution is -2.67. The van der Waals surface area contributed by atoms with Gasteiger partial charge in [0.2, 0.25) is 5.91 Å². The number of carbonyl (C=O) groups is 2. The van der Waals surface area contributed by atoms with Crippen LogP contribution in [-0.2, 0) is 42.7 Å². The summed E-state index contributed by atoms with van der Waals surface area (Å²) in [5, 5.41) is 107. The lowest BCUT2D eigenvalue weighted by atomic mass is 9.76. The Morgan fingerprint density at radius 3 is 2.25 bits per heavy atom. The number of aliphatic hydroxyl groups excluding tert-OH is 8. The zero-order valence-electron chi connectivity index (χ0n) is 36.5. The summed E-state index contributed by atoms with van der Waals surface area (Å²) in [4.78, 5) is 24.9. The molecular formula is C42H63FN4O18. The van der Waals surface area contributed by atoms with Crippen molar-refractivity contribution >= 4 is 11.9 Å². The molecule has 4 aliphatic rings. The number of hydrogen-bond acceptors (Lipinski definition) is 19. The minimum absolute atomic E-state index is 0.0511. The third-order valence-electron chi connectivity index (χ3n) is 12.6. The van der Waals surface area contributed by atoms with Crippen molar-refractivity contribution in [2.45, 2.75) is 170 Å². The van der Waals surface area contributed by atoms with Crippen LogP contribution in [0, 0.1) is 17.7 Å². The second kappa shape index (κ2) is 22.6. The smallest absolute Gasteiger partial charge is 0.332 e. The van der Waals surface area contributed by atoms with E-state index in [1.807, 2.05) is 6.92 Å². The Balaban J connectivity index is 1.27. The van der Waals surface area contributed by atoms with E-state index < -0.39 is 153 Å². The molecule has 10 N–H and O–H groups in total. The molecule has 12 unspecified atom stereocenters. The third-order valence-corrected chi connectivity index (χ3v) is 12.6. The first-order valence-corrected chi connectivity index (χ1v) is 22.0. The number of halogens is 1. The quantitative estimate of drug-likeness (QED) is 0.0800. The Hall–Kier alpha value is -3.37. The first-order valence-electron chi connectivity index (χ1n) is 22.0. The van der Waals surface area contributed by atoms with Crippen LogP contribution in [0.4, 0.5) is 4.39 Å².